The smallest absolute Gasteiger partial charge is 0.433 e. The van der Waals surface area contributed by atoms with Gasteiger partial charge >= 0.3 is 6.18 Å². The molecule has 31 heavy (non-hydrogen) atoms. The summed E-state index contributed by atoms with van der Waals surface area (Å²) in [5.74, 6) is -3.24. The summed E-state index contributed by atoms with van der Waals surface area (Å²) in [5, 5.41) is 10.6. The number of methoxy groups -OCH3 is 1. The molecule has 10 heteroatoms. The zero-order valence-electron chi connectivity index (χ0n) is 17.8. The summed E-state index contributed by atoms with van der Waals surface area (Å²) in [6, 6.07) is 1.50. The Morgan fingerprint density at radius 1 is 1.10 bits per heavy atom. The van der Waals surface area contributed by atoms with Crippen molar-refractivity contribution in [2.45, 2.75) is 40.5 Å². The molecule has 1 heterocycles. The standard InChI is InChI=1S/C21H24F3NO6/c1-19(2)16(27)14(17(28)20(3,4)18(19)29)15(26)11-6-7-13(21(22,23)24)25-12(11)10-31-9-8-30-5/h6-7,27H,8-10H2,1-5H3. The van der Waals surface area contributed by atoms with E-state index in [9.17, 15) is 32.7 Å². The summed E-state index contributed by atoms with van der Waals surface area (Å²) < 4.78 is 49.4. The van der Waals surface area contributed by atoms with Gasteiger partial charge in [0.2, 0.25) is 5.78 Å². The van der Waals surface area contributed by atoms with Crippen molar-refractivity contribution < 1.29 is 42.1 Å². The number of hydrogen-bond donors (Lipinski definition) is 1. The lowest BCUT2D eigenvalue weighted by molar-refractivity contribution is -0.144. The van der Waals surface area contributed by atoms with E-state index >= 15 is 0 Å². The fraction of sp³-hybridized carbons (Fsp3) is 0.524. The van der Waals surface area contributed by atoms with Crippen LogP contribution in [0.1, 0.15) is 49.4 Å². The van der Waals surface area contributed by atoms with Crippen LogP contribution in [-0.4, -0.2) is 47.8 Å². The van der Waals surface area contributed by atoms with Crippen LogP contribution in [0.25, 0.3) is 0 Å². The van der Waals surface area contributed by atoms with Crippen LogP contribution in [0.3, 0.4) is 0 Å². The van der Waals surface area contributed by atoms with Crippen LogP contribution in [-0.2, 0) is 31.8 Å². The molecule has 0 amide bonds. The number of carbonyl (C=O) groups is 3. The zero-order chi connectivity index (χ0) is 23.8. The first kappa shape index (κ1) is 24.7. The van der Waals surface area contributed by atoms with Crippen LogP contribution in [0.5, 0.6) is 0 Å². The molecule has 1 aliphatic carbocycles. The number of allylic oxidation sites excluding steroid dienone is 2. The van der Waals surface area contributed by atoms with E-state index in [4.69, 9.17) is 9.47 Å². The minimum atomic E-state index is -4.76. The molecule has 170 valence electrons. The molecular formula is C21H24F3NO6. The van der Waals surface area contributed by atoms with Crippen LogP contribution in [0.4, 0.5) is 13.2 Å². The number of ether oxygens (including phenoxy) is 2. The number of rotatable bonds is 7. The van der Waals surface area contributed by atoms with Crippen LogP contribution < -0.4 is 0 Å². The summed E-state index contributed by atoms with van der Waals surface area (Å²) in [4.78, 5) is 42.2. The van der Waals surface area contributed by atoms with Crippen LogP contribution in [0.2, 0.25) is 0 Å². The number of hydrogen-bond acceptors (Lipinski definition) is 7. The SMILES string of the molecule is COCCOCc1nc(C(F)(F)F)ccc1C(=O)C1=C(O)C(C)(C)C(=O)C(C)(C)C1=O. The third-order valence-electron chi connectivity index (χ3n) is 5.17. The van der Waals surface area contributed by atoms with Crippen molar-refractivity contribution >= 4 is 17.3 Å². The molecule has 1 aromatic rings. The zero-order valence-corrected chi connectivity index (χ0v) is 17.8. The predicted molar refractivity (Wildman–Crippen MR) is 102 cm³/mol. The Kier molecular flexibility index (Phi) is 6.77. The maximum Gasteiger partial charge on any atom is 0.433 e. The minimum Gasteiger partial charge on any atom is -0.510 e. The Bertz CT molecular complexity index is 947. The van der Waals surface area contributed by atoms with Gasteiger partial charge in [-0.2, -0.15) is 13.2 Å². The highest BCUT2D eigenvalue weighted by Crippen LogP contribution is 2.44. The highest BCUT2D eigenvalue weighted by molar-refractivity contribution is 6.34. The molecule has 0 aliphatic heterocycles. The van der Waals surface area contributed by atoms with Crippen LogP contribution >= 0.6 is 0 Å². The molecule has 0 radical (unpaired) electrons. The number of halogens is 3. The molecule has 1 aromatic heterocycles. The largest absolute Gasteiger partial charge is 0.510 e. The Hall–Kier alpha value is -2.59. The van der Waals surface area contributed by atoms with Gasteiger partial charge < -0.3 is 14.6 Å². The second kappa shape index (κ2) is 8.51. The molecular weight excluding hydrogens is 419 g/mol. The molecule has 0 saturated carbocycles. The second-order valence-electron chi connectivity index (χ2n) is 8.19. The Labute approximate surface area is 177 Å². The quantitative estimate of drug-likeness (QED) is 0.298. The number of aliphatic hydroxyl groups excluding tert-OH is 1. The van der Waals surface area contributed by atoms with E-state index in [2.05, 4.69) is 4.98 Å². The first-order chi connectivity index (χ1) is 14.2. The molecule has 1 N–H and O–H groups in total. The van der Waals surface area contributed by atoms with Gasteiger partial charge in [-0.25, -0.2) is 4.98 Å². The monoisotopic (exact) mass is 443 g/mol. The lowest BCUT2D eigenvalue weighted by Crippen LogP contribution is -2.50. The summed E-state index contributed by atoms with van der Waals surface area (Å²) in [6.07, 6.45) is -4.76. The number of alkyl halides is 3. The third-order valence-corrected chi connectivity index (χ3v) is 5.17. The van der Waals surface area contributed by atoms with Crippen molar-refractivity contribution in [2.75, 3.05) is 20.3 Å². The van der Waals surface area contributed by atoms with E-state index in [0.29, 0.717) is 6.07 Å². The van der Waals surface area contributed by atoms with Crippen LogP contribution in [0, 0.1) is 10.8 Å². The lowest BCUT2D eigenvalue weighted by Gasteiger charge is -2.37. The maximum atomic E-state index is 13.2. The van der Waals surface area contributed by atoms with Gasteiger partial charge in [0.15, 0.2) is 11.6 Å². The highest BCUT2D eigenvalue weighted by Gasteiger charge is 2.54. The molecule has 0 fully saturated rings. The van der Waals surface area contributed by atoms with Crippen LogP contribution in [0.15, 0.2) is 23.5 Å². The number of pyridine rings is 1. The topological polar surface area (TPSA) is 103 Å². The van der Waals surface area contributed by atoms with E-state index < -0.39 is 58.0 Å². The van der Waals surface area contributed by atoms with Gasteiger partial charge in [-0.1, -0.05) is 0 Å². The fourth-order valence-electron chi connectivity index (χ4n) is 3.36. The van der Waals surface area contributed by atoms with Crippen molar-refractivity contribution in [3.05, 3.63) is 40.4 Å². The van der Waals surface area contributed by atoms with E-state index in [-0.39, 0.29) is 24.5 Å². The van der Waals surface area contributed by atoms with Crippen molar-refractivity contribution in [3.63, 3.8) is 0 Å². The minimum absolute atomic E-state index is 0.0312. The first-order valence-corrected chi connectivity index (χ1v) is 9.39. The Morgan fingerprint density at radius 2 is 1.71 bits per heavy atom. The number of ketones is 3. The van der Waals surface area contributed by atoms with Crippen molar-refractivity contribution in [3.8, 4) is 0 Å². The number of carbonyl (C=O) groups excluding carboxylic acids is 3. The Morgan fingerprint density at radius 3 is 2.26 bits per heavy atom. The van der Waals surface area contributed by atoms with E-state index in [1.165, 1.54) is 34.8 Å². The van der Waals surface area contributed by atoms with E-state index in [0.717, 1.165) is 6.07 Å². The average molecular weight is 443 g/mol. The van der Waals surface area contributed by atoms with Gasteiger partial charge in [0.05, 0.1) is 36.3 Å². The molecule has 0 saturated heterocycles. The van der Waals surface area contributed by atoms with E-state index in [1.54, 1.807) is 0 Å². The number of Topliss-reactive ketones (excluding diaryl/α,β-unsaturated/α-hetero) is 3. The van der Waals surface area contributed by atoms with Gasteiger partial charge in [-0.05, 0) is 39.8 Å². The maximum absolute atomic E-state index is 13.2. The molecule has 0 aromatic carbocycles. The highest BCUT2D eigenvalue weighted by atomic mass is 19.4. The molecule has 1 aliphatic rings. The van der Waals surface area contributed by atoms with Gasteiger partial charge in [0, 0.05) is 12.7 Å². The van der Waals surface area contributed by atoms with Gasteiger partial charge in [-0.15, -0.1) is 0 Å². The summed E-state index contributed by atoms with van der Waals surface area (Å²) in [7, 11) is 1.41. The first-order valence-electron chi connectivity index (χ1n) is 9.39. The number of aliphatic hydroxyl groups is 1. The number of nitrogens with zero attached hydrogens (tertiary/aromatic N) is 1. The Balaban J connectivity index is 2.60. The van der Waals surface area contributed by atoms with Crippen molar-refractivity contribution in [2.24, 2.45) is 10.8 Å². The van der Waals surface area contributed by atoms with E-state index in [1.807, 2.05) is 0 Å². The molecule has 2 rings (SSSR count). The molecule has 0 spiro atoms. The molecule has 0 atom stereocenters. The van der Waals surface area contributed by atoms with Crippen molar-refractivity contribution in [1.82, 2.24) is 4.98 Å². The van der Waals surface area contributed by atoms with Gasteiger partial charge in [0.25, 0.3) is 0 Å². The second-order valence-corrected chi connectivity index (χ2v) is 8.19. The molecule has 7 nitrogen and oxygen atoms in total. The third kappa shape index (κ3) is 4.54. The molecule has 0 unspecified atom stereocenters. The molecule has 0 bridgehead atoms. The summed E-state index contributed by atoms with van der Waals surface area (Å²) in [6.45, 7) is 5.14. The fourth-order valence-corrected chi connectivity index (χ4v) is 3.36. The lowest BCUT2D eigenvalue weighted by atomic mass is 9.62. The normalized spacial score (nSPS) is 18.5. The number of aromatic nitrogens is 1. The predicted octanol–water partition coefficient (Wildman–Crippen LogP) is 3.46. The summed E-state index contributed by atoms with van der Waals surface area (Å²) in [5.41, 5.74) is -5.70. The van der Waals surface area contributed by atoms with Gasteiger partial charge in [0.1, 0.15) is 17.0 Å². The average Bonchev–Trinajstić information content (AvgIpc) is 2.68. The van der Waals surface area contributed by atoms with Crippen molar-refractivity contribution in [1.29, 1.82) is 0 Å². The summed E-state index contributed by atoms with van der Waals surface area (Å²) >= 11 is 0. The van der Waals surface area contributed by atoms with Gasteiger partial charge in [-0.3, -0.25) is 14.4 Å².